The molecule has 1 aromatic carbocycles. The smallest absolute Gasteiger partial charge is 0.323 e. The zero-order valence-electron chi connectivity index (χ0n) is 11.0. The van der Waals surface area contributed by atoms with Crippen molar-refractivity contribution in [3.8, 4) is 5.06 Å². The molecule has 20 heavy (non-hydrogen) atoms. The second-order valence-corrected chi connectivity index (χ2v) is 5.28. The number of nitro groups is 1. The van der Waals surface area contributed by atoms with Crippen LogP contribution in [0.4, 0.5) is 5.69 Å². The zero-order chi connectivity index (χ0) is 14.7. The number of carbonyl (C=O) groups excluding carboxylic acids is 1. The van der Waals surface area contributed by atoms with Gasteiger partial charge in [-0.15, -0.1) is 0 Å². The molecular weight excluding hydrogens is 278 g/mol. The van der Waals surface area contributed by atoms with Gasteiger partial charge >= 0.3 is 5.69 Å². The first-order valence-electron chi connectivity index (χ1n) is 6.00. The van der Waals surface area contributed by atoms with Crippen LogP contribution in [-0.2, 0) is 0 Å². The molecule has 0 spiro atoms. The molecule has 0 aliphatic carbocycles. The molecule has 0 aliphatic rings. The van der Waals surface area contributed by atoms with E-state index in [1.54, 1.807) is 0 Å². The Morgan fingerprint density at radius 1 is 1.35 bits per heavy atom. The van der Waals surface area contributed by atoms with Crippen LogP contribution in [0, 0.1) is 10.1 Å². The lowest BCUT2D eigenvalue weighted by atomic mass is 10.1. The first kappa shape index (κ1) is 14.2. The number of Topliss-reactive ketones (excluding diaryl/α,β-unsaturated/α-hetero) is 1. The lowest BCUT2D eigenvalue weighted by Gasteiger charge is -2.12. The highest BCUT2D eigenvalue weighted by molar-refractivity contribution is 7.16. The van der Waals surface area contributed by atoms with Crippen LogP contribution < -0.4 is 4.74 Å². The van der Waals surface area contributed by atoms with E-state index in [-0.39, 0.29) is 22.6 Å². The van der Waals surface area contributed by atoms with Crippen LogP contribution in [0.15, 0.2) is 36.4 Å². The van der Waals surface area contributed by atoms with Gasteiger partial charge in [-0.2, -0.15) is 0 Å². The maximum atomic E-state index is 11.3. The van der Waals surface area contributed by atoms with Crippen molar-refractivity contribution in [1.29, 1.82) is 0 Å². The van der Waals surface area contributed by atoms with Crippen molar-refractivity contribution in [2.24, 2.45) is 0 Å². The van der Waals surface area contributed by atoms with E-state index in [9.17, 15) is 14.9 Å². The Morgan fingerprint density at radius 2 is 2.00 bits per heavy atom. The summed E-state index contributed by atoms with van der Waals surface area (Å²) in [5.74, 6) is -0.208. The van der Waals surface area contributed by atoms with E-state index in [0.717, 1.165) is 16.9 Å². The Kier molecular flexibility index (Phi) is 4.14. The first-order chi connectivity index (χ1) is 9.49. The van der Waals surface area contributed by atoms with E-state index in [0.29, 0.717) is 4.88 Å². The highest BCUT2D eigenvalue weighted by Crippen LogP contribution is 2.39. The second kappa shape index (κ2) is 5.83. The van der Waals surface area contributed by atoms with Crippen molar-refractivity contribution >= 4 is 22.8 Å². The Bertz CT molecular complexity index is 636. The van der Waals surface area contributed by atoms with Crippen molar-refractivity contribution in [2.45, 2.75) is 20.0 Å². The summed E-state index contributed by atoms with van der Waals surface area (Å²) in [6.07, 6.45) is -0.326. The molecule has 1 unspecified atom stereocenters. The van der Waals surface area contributed by atoms with Gasteiger partial charge in [0, 0.05) is 6.07 Å². The van der Waals surface area contributed by atoms with E-state index in [2.05, 4.69) is 0 Å². The van der Waals surface area contributed by atoms with Gasteiger partial charge in [0.25, 0.3) is 5.06 Å². The molecule has 0 bridgehead atoms. The Hall–Kier alpha value is -2.21. The summed E-state index contributed by atoms with van der Waals surface area (Å²) in [4.78, 5) is 22.1. The van der Waals surface area contributed by atoms with Crippen LogP contribution in [0.2, 0.25) is 0 Å². The summed E-state index contributed by atoms with van der Waals surface area (Å²) in [6.45, 7) is 3.19. The molecule has 0 saturated carbocycles. The van der Waals surface area contributed by atoms with E-state index in [1.165, 1.54) is 13.0 Å². The van der Waals surface area contributed by atoms with Gasteiger partial charge in [-0.25, -0.2) is 0 Å². The standard InChI is InChI=1S/C14H13NO4S/c1-9(16)13-8-12(15(17)18)14(20-13)19-10(2)11-6-4-3-5-7-11/h3-8,10H,1-2H3. The molecular formula is C14H13NO4S. The minimum absolute atomic E-state index is 0.163. The van der Waals surface area contributed by atoms with Crippen molar-refractivity contribution in [2.75, 3.05) is 0 Å². The van der Waals surface area contributed by atoms with Crippen LogP contribution in [0.5, 0.6) is 5.06 Å². The van der Waals surface area contributed by atoms with Crippen LogP contribution in [0.3, 0.4) is 0 Å². The highest BCUT2D eigenvalue weighted by Gasteiger charge is 2.24. The molecule has 1 aromatic heterocycles. The molecule has 0 radical (unpaired) electrons. The minimum Gasteiger partial charge on any atom is -0.471 e. The molecule has 0 aliphatic heterocycles. The lowest BCUT2D eigenvalue weighted by Crippen LogP contribution is -2.02. The predicted octanol–water partition coefficient (Wildman–Crippen LogP) is 4.00. The summed E-state index contributed by atoms with van der Waals surface area (Å²) in [7, 11) is 0. The fraction of sp³-hybridized carbons (Fsp3) is 0.214. The van der Waals surface area contributed by atoms with Gasteiger partial charge in [0.05, 0.1) is 9.80 Å². The first-order valence-corrected chi connectivity index (χ1v) is 6.81. The van der Waals surface area contributed by atoms with Crippen molar-refractivity contribution in [3.63, 3.8) is 0 Å². The van der Waals surface area contributed by atoms with E-state index >= 15 is 0 Å². The minimum atomic E-state index is -0.532. The molecule has 2 rings (SSSR count). The van der Waals surface area contributed by atoms with E-state index in [1.807, 2.05) is 37.3 Å². The van der Waals surface area contributed by atoms with E-state index in [4.69, 9.17) is 4.74 Å². The lowest BCUT2D eigenvalue weighted by molar-refractivity contribution is -0.385. The number of carbonyl (C=O) groups is 1. The largest absolute Gasteiger partial charge is 0.471 e. The summed E-state index contributed by atoms with van der Waals surface area (Å²) >= 11 is 1.01. The monoisotopic (exact) mass is 291 g/mol. The number of benzene rings is 1. The van der Waals surface area contributed by atoms with Gasteiger partial charge in [-0.1, -0.05) is 41.7 Å². The molecule has 104 valence electrons. The molecule has 0 amide bonds. The third kappa shape index (κ3) is 3.03. The predicted molar refractivity (Wildman–Crippen MR) is 76.5 cm³/mol. The van der Waals surface area contributed by atoms with Crippen molar-refractivity contribution in [3.05, 3.63) is 57.0 Å². The third-order valence-electron chi connectivity index (χ3n) is 2.78. The summed E-state index contributed by atoms with van der Waals surface area (Å²) in [5, 5.41) is 11.2. The fourth-order valence-electron chi connectivity index (χ4n) is 1.70. The Labute approximate surface area is 120 Å². The number of nitrogens with zero attached hydrogens (tertiary/aromatic N) is 1. The molecule has 2 aromatic rings. The second-order valence-electron chi connectivity index (χ2n) is 4.27. The molecule has 0 fully saturated rings. The molecule has 0 saturated heterocycles. The van der Waals surface area contributed by atoms with Crippen LogP contribution >= 0.6 is 11.3 Å². The maximum Gasteiger partial charge on any atom is 0.323 e. The maximum absolute atomic E-state index is 11.3. The third-order valence-corrected chi connectivity index (χ3v) is 3.89. The van der Waals surface area contributed by atoms with Gasteiger partial charge < -0.3 is 4.74 Å². The number of ether oxygens (including phenoxy) is 1. The van der Waals surface area contributed by atoms with Gasteiger partial charge in [-0.3, -0.25) is 14.9 Å². The van der Waals surface area contributed by atoms with Crippen LogP contribution in [0.1, 0.15) is 35.2 Å². The molecule has 1 atom stereocenters. The number of hydrogen-bond donors (Lipinski definition) is 0. The number of rotatable bonds is 5. The van der Waals surface area contributed by atoms with Crippen molar-refractivity contribution in [1.82, 2.24) is 0 Å². The number of thiophene rings is 1. The highest BCUT2D eigenvalue weighted by atomic mass is 32.1. The van der Waals surface area contributed by atoms with Crippen LogP contribution in [-0.4, -0.2) is 10.7 Å². The zero-order valence-corrected chi connectivity index (χ0v) is 11.8. The topological polar surface area (TPSA) is 69.4 Å². The summed E-state index contributed by atoms with van der Waals surface area (Å²) < 4.78 is 5.65. The summed E-state index contributed by atoms with van der Waals surface area (Å²) in [6, 6.07) is 10.7. The quantitative estimate of drug-likeness (QED) is 0.474. The van der Waals surface area contributed by atoms with Crippen LogP contribution in [0.25, 0.3) is 0 Å². The molecule has 1 heterocycles. The van der Waals surface area contributed by atoms with Gasteiger partial charge in [0.2, 0.25) is 0 Å². The molecule has 5 nitrogen and oxygen atoms in total. The normalized spacial score (nSPS) is 11.9. The SMILES string of the molecule is CC(=O)c1cc([N+](=O)[O-])c(OC(C)c2ccccc2)s1. The molecule has 0 N–H and O–H groups in total. The van der Waals surface area contributed by atoms with Crippen molar-refractivity contribution < 1.29 is 14.5 Å². The number of ketones is 1. The number of hydrogen-bond acceptors (Lipinski definition) is 5. The van der Waals surface area contributed by atoms with E-state index < -0.39 is 4.92 Å². The average Bonchev–Trinajstić information content (AvgIpc) is 2.84. The Morgan fingerprint density at radius 3 is 2.55 bits per heavy atom. The Balaban J connectivity index is 2.28. The van der Waals surface area contributed by atoms with Gasteiger partial charge in [0.15, 0.2) is 5.78 Å². The fourth-order valence-corrected chi connectivity index (χ4v) is 2.65. The van der Waals surface area contributed by atoms with Gasteiger partial charge in [-0.05, 0) is 19.4 Å². The van der Waals surface area contributed by atoms with Gasteiger partial charge in [0.1, 0.15) is 6.10 Å². The average molecular weight is 291 g/mol. The summed E-state index contributed by atoms with van der Waals surface area (Å²) in [5.41, 5.74) is 0.752. The molecule has 6 heteroatoms.